The van der Waals surface area contributed by atoms with Gasteiger partial charge in [0.15, 0.2) is 0 Å². The van der Waals surface area contributed by atoms with Crippen LogP contribution >= 0.6 is 0 Å². The lowest BCUT2D eigenvalue weighted by atomic mass is 9.75. The van der Waals surface area contributed by atoms with Gasteiger partial charge in [0.05, 0.1) is 26.4 Å². The molecule has 3 aromatic carbocycles. The summed E-state index contributed by atoms with van der Waals surface area (Å²) in [6, 6.07) is 16.1. The molecule has 0 unspecified atom stereocenters. The van der Waals surface area contributed by atoms with Crippen LogP contribution in [0.5, 0.6) is 17.2 Å². The van der Waals surface area contributed by atoms with Crippen molar-refractivity contribution in [1.82, 2.24) is 0 Å². The molecule has 0 saturated heterocycles. The Morgan fingerprint density at radius 3 is 1.74 bits per heavy atom. The highest BCUT2D eigenvalue weighted by molar-refractivity contribution is 5.96. The summed E-state index contributed by atoms with van der Waals surface area (Å²) < 4.78 is 17.6. The van der Waals surface area contributed by atoms with Crippen LogP contribution in [0.15, 0.2) is 59.6 Å². The maximum atomic E-state index is 13.4. The predicted octanol–water partition coefficient (Wildman–Crippen LogP) is 8.88. The Balaban J connectivity index is 2.38. The molecule has 0 heterocycles. The molecule has 47 heavy (non-hydrogen) atoms. The van der Waals surface area contributed by atoms with Crippen molar-refractivity contribution >= 4 is 12.2 Å². The Bertz CT molecular complexity index is 1460. The zero-order valence-electron chi connectivity index (χ0n) is 30.1. The van der Waals surface area contributed by atoms with E-state index in [4.69, 9.17) is 19.2 Å². The van der Waals surface area contributed by atoms with Gasteiger partial charge in [0, 0.05) is 22.9 Å². The lowest BCUT2D eigenvalue weighted by Gasteiger charge is -2.37. The molecule has 3 rings (SSSR count). The van der Waals surface area contributed by atoms with Crippen LogP contribution in [-0.4, -0.2) is 48.8 Å². The van der Waals surface area contributed by atoms with E-state index in [1.165, 1.54) is 19.4 Å². The average molecular weight is 646 g/mol. The van der Waals surface area contributed by atoms with Crippen LogP contribution in [0, 0.1) is 0 Å². The molecule has 0 aliphatic carbocycles. The van der Waals surface area contributed by atoms with Gasteiger partial charge >= 0.3 is 5.97 Å². The molecule has 0 aliphatic rings. The number of para-hydroxylation sites is 1. The minimum atomic E-state index is -1.72. The van der Waals surface area contributed by atoms with Crippen molar-refractivity contribution in [2.24, 2.45) is 4.99 Å². The maximum absolute atomic E-state index is 13.4. The molecule has 0 spiro atoms. The number of aliphatic hydroxyl groups is 1. The third kappa shape index (κ3) is 8.95. The summed E-state index contributed by atoms with van der Waals surface area (Å²) in [7, 11) is 1.27. The number of benzene rings is 3. The van der Waals surface area contributed by atoms with Crippen LogP contribution in [0.4, 0.5) is 0 Å². The fourth-order valence-electron chi connectivity index (χ4n) is 5.33. The summed E-state index contributed by atoms with van der Waals surface area (Å²) in [5, 5.41) is 24.3. The first-order valence-corrected chi connectivity index (χ1v) is 16.8. The highest BCUT2D eigenvalue weighted by Gasteiger charge is 2.43. The molecule has 256 valence electrons. The van der Waals surface area contributed by atoms with Crippen LogP contribution in [0.25, 0.3) is 0 Å². The number of aliphatic imine (C=N–C) groups is 1. The first kappa shape index (κ1) is 37.6. The van der Waals surface area contributed by atoms with Crippen molar-refractivity contribution < 1.29 is 29.2 Å². The Labute approximate surface area is 282 Å². The molecule has 2 N–H and O–H groups in total. The molecule has 1 atom stereocenters. The van der Waals surface area contributed by atoms with Gasteiger partial charge in [0.25, 0.3) is 0 Å². The number of carbonyl (C=O) groups excluding carboxylic acids is 1. The molecule has 0 aliphatic heterocycles. The summed E-state index contributed by atoms with van der Waals surface area (Å²) in [6.45, 7) is 19.9. The number of carbonyl (C=O) groups is 1. The highest BCUT2D eigenvalue weighted by Crippen LogP contribution is 2.46. The Morgan fingerprint density at radius 1 is 0.830 bits per heavy atom. The number of nitrogens with zero attached hydrogens (tertiary/aromatic N) is 1. The van der Waals surface area contributed by atoms with Gasteiger partial charge in [-0.3, -0.25) is 4.99 Å². The van der Waals surface area contributed by atoms with Crippen LogP contribution in [0.3, 0.4) is 0 Å². The number of phenolic OH excluding ortho intramolecular Hbond substituents is 1. The third-order valence-corrected chi connectivity index (χ3v) is 8.54. The summed E-state index contributed by atoms with van der Waals surface area (Å²) in [5.74, 6) is 0.262. The number of unbranched alkanes of at least 4 members (excludes halogenated alkanes) is 2. The van der Waals surface area contributed by atoms with Crippen molar-refractivity contribution in [2.75, 3.05) is 20.3 Å². The number of hydrogen-bond acceptors (Lipinski definition) is 7. The lowest BCUT2D eigenvalue weighted by molar-refractivity contribution is 0.0518. The van der Waals surface area contributed by atoms with E-state index >= 15 is 0 Å². The van der Waals surface area contributed by atoms with Crippen LogP contribution in [0.1, 0.15) is 126 Å². The van der Waals surface area contributed by atoms with E-state index in [2.05, 4.69) is 67.5 Å². The smallest absolute Gasteiger partial charge is 0.341 e. The normalized spacial score (nSPS) is 13.1. The van der Waals surface area contributed by atoms with Crippen LogP contribution in [-0.2, 0) is 21.2 Å². The van der Waals surface area contributed by atoms with Gasteiger partial charge in [0.2, 0.25) is 0 Å². The van der Waals surface area contributed by atoms with E-state index in [0.717, 1.165) is 36.8 Å². The third-order valence-electron chi connectivity index (χ3n) is 8.54. The molecule has 7 nitrogen and oxygen atoms in total. The molecule has 0 aromatic heterocycles. The molecule has 0 fully saturated rings. The predicted molar refractivity (Wildman–Crippen MR) is 191 cm³/mol. The van der Waals surface area contributed by atoms with Crippen molar-refractivity contribution in [3.63, 3.8) is 0 Å². The van der Waals surface area contributed by atoms with Crippen molar-refractivity contribution in [1.29, 1.82) is 0 Å². The van der Waals surface area contributed by atoms with Gasteiger partial charge in [-0.1, -0.05) is 86.4 Å². The number of rotatable bonds is 14. The topological polar surface area (TPSA) is 97.6 Å². The fourth-order valence-corrected chi connectivity index (χ4v) is 5.33. The number of aromatic hydroxyl groups is 1. The van der Waals surface area contributed by atoms with Crippen molar-refractivity contribution in [2.45, 2.75) is 110 Å². The summed E-state index contributed by atoms with van der Waals surface area (Å²) in [6.07, 6.45) is 5.17. The number of esters is 1. The maximum Gasteiger partial charge on any atom is 0.341 e. The SMILES string of the molecule is CCCCOc1ccc(C(C)(C)C)cc1C(O)(c1cc(C(C)(C)C)ccc1OCCCC)[C@@H](C)N=Cc1cccc(C(=O)OC)c1O. The van der Waals surface area contributed by atoms with Gasteiger partial charge in [0.1, 0.15) is 28.4 Å². The number of phenols is 1. The molecule has 7 heteroatoms. The quantitative estimate of drug-likeness (QED) is 0.103. The second-order valence-corrected chi connectivity index (χ2v) is 14.3. The first-order chi connectivity index (χ1) is 22.1. The lowest BCUT2D eigenvalue weighted by Crippen LogP contribution is -2.39. The molecule has 0 bridgehead atoms. The van der Waals surface area contributed by atoms with Crippen molar-refractivity contribution in [3.8, 4) is 17.2 Å². The Morgan fingerprint density at radius 2 is 1.32 bits per heavy atom. The average Bonchev–Trinajstić information content (AvgIpc) is 3.02. The second kappa shape index (κ2) is 15.8. The Kier molecular flexibility index (Phi) is 12.7. The molecule has 0 saturated carbocycles. The van der Waals surface area contributed by atoms with E-state index < -0.39 is 17.6 Å². The van der Waals surface area contributed by atoms with E-state index in [0.29, 0.717) is 41.4 Å². The van der Waals surface area contributed by atoms with E-state index in [-0.39, 0.29) is 22.1 Å². The van der Waals surface area contributed by atoms with Crippen molar-refractivity contribution in [3.05, 3.63) is 88.0 Å². The monoisotopic (exact) mass is 645 g/mol. The molecule has 3 aromatic rings. The Hall–Kier alpha value is -3.84. The zero-order chi connectivity index (χ0) is 35.0. The van der Waals surface area contributed by atoms with Crippen LogP contribution in [0.2, 0.25) is 0 Å². The zero-order valence-corrected chi connectivity index (χ0v) is 30.1. The van der Waals surface area contributed by atoms with E-state index in [9.17, 15) is 15.0 Å². The first-order valence-electron chi connectivity index (χ1n) is 16.8. The standard InChI is InChI=1S/C40H55NO6/c1-11-13-22-46-34-20-18-29(38(4,5)6)24-32(34)40(44,27(3)41-26-28-16-15-17-31(36(28)42)37(43)45-10)33-25-30(39(7,8)9)19-21-35(33)47-23-14-12-2/h15-21,24-27,42,44H,11-14,22-23H2,1-10H3/t27-/m1/s1. The fraction of sp³-hybridized carbons (Fsp3) is 0.500. The number of methoxy groups -OCH3 is 1. The van der Waals surface area contributed by atoms with Crippen LogP contribution < -0.4 is 9.47 Å². The van der Waals surface area contributed by atoms with Gasteiger partial charge in [-0.25, -0.2) is 4.79 Å². The van der Waals surface area contributed by atoms with Gasteiger partial charge in [-0.2, -0.15) is 0 Å². The largest absolute Gasteiger partial charge is 0.506 e. The summed E-state index contributed by atoms with van der Waals surface area (Å²) in [5.41, 5.74) is 1.46. The second-order valence-electron chi connectivity index (χ2n) is 14.3. The summed E-state index contributed by atoms with van der Waals surface area (Å²) >= 11 is 0. The highest BCUT2D eigenvalue weighted by atomic mass is 16.5. The van der Waals surface area contributed by atoms with E-state index in [1.807, 2.05) is 31.2 Å². The molecular formula is C40H55NO6. The molecular weight excluding hydrogens is 590 g/mol. The van der Waals surface area contributed by atoms with Gasteiger partial charge < -0.3 is 24.4 Å². The summed E-state index contributed by atoms with van der Waals surface area (Å²) in [4.78, 5) is 17.1. The molecule has 0 radical (unpaired) electrons. The number of ether oxygens (including phenoxy) is 3. The minimum Gasteiger partial charge on any atom is -0.506 e. The number of hydrogen-bond donors (Lipinski definition) is 2. The van der Waals surface area contributed by atoms with E-state index in [1.54, 1.807) is 12.1 Å². The molecule has 0 amide bonds. The van der Waals surface area contributed by atoms with Gasteiger partial charge in [-0.05, 0) is 78.1 Å². The minimum absolute atomic E-state index is 0.0355. The van der Waals surface area contributed by atoms with Gasteiger partial charge in [-0.15, -0.1) is 0 Å².